The fraction of sp³-hybridized carbons (Fsp3) is 0.250. The average molecular weight is 402 g/mol. The fourth-order valence-corrected chi connectivity index (χ4v) is 2.88. The second-order valence-corrected chi connectivity index (χ2v) is 6.06. The first-order valence-electron chi connectivity index (χ1n) is 6.39. The van der Waals surface area contributed by atoms with Crippen LogP contribution in [0.5, 0.6) is 5.75 Å². The van der Waals surface area contributed by atoms with E-state index in [4.69, 9.17) is 4.74 Å². The highest BCUT2D eigenvalue weighted by Crippen LogP contribution is 2.23. The van der Waals surface area contributed by atoms with Crippen LogP contribution in [0.3, 0.4) is 0 Å². The average Bonchev–Trinajstić information content (AvgIpc) is 2.47. The second-order valence-electron chi connectivity index (χ2n) is 4.49. The first-order valence-corrected chi connectivity index (χ1v) is 8.30. The number of benzene rings is 2. The maximum absolute atomic E-state index is 12.9. The van der Waals surface area contributed by atoms with Crippen LogP contribution in [-0.4, -0.2) is 11.9 Å². The number of hydrogen-bond acceptors (Lipinski definition) is 1. The molecule has 0 bridgehead atoms. The van der Waals surface area contributed by atoms with Gasteiger partial charge in [-0.3, -0.25) is 0 Å². The molecule has 1 unspecified atom stereocenters. The van der Waals surface area contributed by atoms with Crippen molar-refractivity contribution < 1.29 is 9.13 Å². The largest absolute Gasteiger partial charge is 0.494 e. The van der Waals surface area contributed by atoms with Crippen molar-refractivity contribution in [3.8, 4) is 5.75 Å². The zero-order valence-electron chi connectivity index (χ0n) is 10.9. The number of rotatable bonds is 6. The molecule has 0 aliphatic carbocycles. The van der Waals surface area contributed by atoms with Crippen LogP contribution in [0, 0.1) is 5.82 Å². The second kappa shape index (κ2) is 7.79. The van der Waals surface area contributed by atoms with Crippen LogP contribution in [0.15, 0.2) is 53.0 Å². The van der Waals surface area contributed by atoms with Crippen LogP contribution in [0.2, 0.25) is 0 Å². The molecular formula is C16H15Br2FO. The molecule has 0 saturated carbocycles. The Morgan fingerprint density at radius 1 is 1.00 bits per heavy atom. The molecule has 106 valence electrons. The highest BCUT2D eigenvalue weighted by molar-refractivity contribution is 9.10. The van der Waals surface area contributed by atoms with Gasteiger partial charge in [0.05, 0.1) is 6.61 Å². The maximum atomic E-state index is 12.9. The molecule has 0 N–H and O–H groups in total. The van der Waals surface area contributed by atoms with Gasteiger partial charge < -0.3 is 4.74 Å². The number of alkyl halides is 1. The lowest BCUT2D eigenvalue weighted by atomic mass is 9.98. The predicted molar refractivity (Wildman–Crippen MR) is 87.2 cm³/mol. The fourth-order valence-electron chi connectivity index (χ4n) is 1.92. The Kier molecular flexibility index (Phi) is 6.05. The third-order valence-electron chi connectivity index (χ3n) is 3.08. The Labute approximate surface area is 135 Å². The number of halogens is 3. The van der Waals surface area contributed by atoms with Crippen molar-refractivity contribution in [2.24, 2.45) is 0 Å². The highest BCUT2D eigenvalue weighted by Gasteiger charge is 2.10. The lowest BCUT2D eigenvalue weighted by molar-refractivity contribution is 0.301. The van der Waals surface area contributed by atoms with E-state index in [1.807, 2.05) is 36.4 Å². The summed E-state index contributed by atoms with van der Waals surface area (Å²) in [5.74, 6) is 0.986. The van der Waals surface area contributed by atoms with Crippen LogP contribution in [-0.2, 0) is 0 Å². The first-order chi connectivity index (χ1) is 9.69. The summed E-state index contributed by atoms with van der Waals surface area (Å²) in [6.45, 7) is 0.634. The van der Waals surface area contributed by atoms with Gasteiger partial charge in [-0.2, -0.15) is 0 Å². The summed E-state index contributed by atoms with van der Waals surface area (Å²) in [4.78, 5) is 0. The third-order valence-corrected chi connectivity index (χ3v) is 4.39. The van der Waals surface area contributed by atoms with Crippen molar-refractivity contribution in [3.63, 3.8) is 0 Å². The van der Waals surface area contributed by atoms with E-state index in [0.717, 1.165) is 27.5 Å². The van der Waals surface area contributed by atoms with Gasteiger partial charge in [0.2, 0.25) is 0 Å². The smallest absolute Gasteiger partial charge is 0.123 e. The minimum Gasteiger partial charge on any atom is -0.494 e. The van der Waals surface area contributed by atoms with Gasteiger partial charge in [-0.25, -0.2) is 4.39 Å². The van der Waals surface area contributed by atoms with Crippen molar-refractivity contribution in [1.29, 1.82) is 0 Å². The van der Waals surface area contributed by atoms with Crippen molar-refractivity contribution in [3.05, 3.63) is 64.4 Å². The van der Waals surface area contributed by atoms with Crippen LogP contribution in [0.4, 0.5) is 4.39 Å². The van der Waals surface area contributed by atoms with Crippen molar-refractivity contribution in [2.45, 2.75) is 12.3 Å². The lowest BCUT2D eigenvalue weighted by Gasteiger charge is -2.15. The molecule has 2 aromatic carbocycles. The minimum absolute atomic E-state index is 0.201. The first kappa shape index (κ1) is 15.5. The van der Waals surface area contributed by atoms with Crippen molar-refractivity contribution in [2.75, 3.05) is 11.9 Å². The molecule has 0 spiro atoms. The molecule has 0 fully saturated rings. The molecule has 2 rings (SSSR count). The molecular weight excluding hydrogens is 387 g/mol. The quantitative estimate of drug-likeness (QED) is 0.577. The van der Waals surface area contributed by atoms with E-state index in [1.165, 1.54) is 12.1 Å². The van der Waals surface area contributed by atoms with Crippen molar-refractivity contribution in [1.82, 2.24) is 0 Å². The Bertz CT molecular complexity index is 525. The molecule has 0 amide bonds. The Hall–Kier alpha value is -0.870. The van der Waals surface area contributed by atoms with Crippen LogP contribution >= 0.6 is 31.9 Å². The summed E-state index contributed by atoms with van der Waals surface area (Å²) < 4.78 is 19.7. The molecule has 0 saturated heterocycles. The summed E-state index contributed by atoms with van der Waals surface area (Å²) in [6.07, 6.45) is 0.882. The SMILES string of the molecule is Fc1ccc(C(CBr)CCOc2ccc(Br)cc2)cc1. The summed E-state index contributed by atoms with van der Waals surface area (Å²) >= 11 is 6.90. The van der Waals surface area contributed by atoms with Gasteiger partial charge in [0, 0.05) is 9.80 Å². The summed E-state index contributed by atoms with van der Waals surface area (Å²) in [5.41, 5.74) is 1.13. The highest BCUT2D eigenvalue weighted by atomic mass is 79.9. The minimum atomic E-state index is -0.201. The maximum Gasteiger partial charge on any atom is 0.123 e. The summed E-state index contributed by atoms with van der Waals surface area (Å²) in [7, 11) is 0. The third kappa shape index (κ3) is 4.60. The summed E-state index contributed by atoms with van der Waals surface area (Å²) in [5, 5.41) is 0.836. The molecule has 0 heterocycles. The molecule has 0 aliphatic rings. The van der Waals surface area contributed by atoms with Gasteiger partial charge in [-0.05, 0) is 54.3 Å². The Morgan fingerprint density at radius 3 is 2.25 bits per heavy atom. The zero-order chi connectivity index (χ0) is 14.4. The van der Waals surface area contributed by atoms with E-state index in [9.17, 15) is 4.39 Å². The number of hydrogen-bond donors (Lipinski definition) is 0. The Balaban J connectivity index is 1.87. The molecule has 0 radical (unpaired) electrons. The van der Waals surface area contributed by atoms with E-state index in [2.05, 4.69) is 31.9 Å². The van der Waals surface area contributed by atoms with E-state index in [-0.39, 0.29) is 5.82 Å². The zero-order valence-corrected chi connectivity index (χ0v) is 14.0. The molecule has 0 aromatic heterocycles. The predicted octanol–water partition coefficient (Wildman–Crippen LogP) is 5.54. The number of ether oxygens (including phenoxy) is 1. The van der Waals surface area contributed by atoms with E-state index in [0.29, 0.717) is 12.5 Å². The molecule has 20 heavy (non-hydrogen) atoms. The monoisotopic (exact) mass is 400 g/mol. The van der Waals surface area contributed by atoms with Gasteiger partial charge in [0.15, 0.2) is 0 Å². The van der Waals surface area contributed by atoms with Crippen molar-refractivity contribution >= 4 is 31.9 Å². The molecule has 0 aliphatic heterocycles. The van der Waals surface area contributed by atoms with Gasteiger partial charge in [-0.15, -0.1) is 0 Å². The van der Waals surface area contributed by atoms with Crippen LogP contribution in [0.1, 0.15) is 17.9 Å². The topological polar surface area (TPSA) is 9.23 Å². The molecule has 2 aromatic rings. The van der Waals surface area contributed by atoms with Gasteiger partial charge in [0.1, 0.15) is 11.6 Å². The van der Waals surface area contributed by atoms with Gasteiger partial charge >= 0.3 is 0 Å². The summed E-state index contributed by atoms with van der Waals surface area (Å²) in [6, 6.07) is 14.5. The normalized spacial score (nSPS) is 12.2. The van der Waals surface area contributed by atoms with E-state index >= 15 is 0 Å². The molecule has 1 atom stereocenters. The standard InChI is InChI=1S/C16H15Br2FO/c17-11-13(12-1-5-15(19)6-2-12)9-10-20-16-7-3-14(18)4-8-16/h1-8,13H,9-11H2. The van der Waals surface area contributed by atoms with E-state index in [1.54, 1.807) is 0 Å². The lowest BCUT2D eigenvalue weighted by Crippen LogP contribution is -2.07. The van der Waals surface area contributed by atoms with Crippen LogP contribution < -0.4 is 4.74 Å². The molecule has 4 heteroatoms. The Morgan fingerprint density at radius 2 is 1.65 bits per heavy atom. The van der Waals surface area contributed by atoms with Gasteiger partial charge in [-0.1, -0.05) is 44.0 Å². The van der Waals surface area contributed by atoms with Crippen LogP contribution in [0.25, 0.3) is 0 Å². The van der Waals surface area contributed by atoms with E-state index < -0.39 is 0 Å². The van der Waals surface area contributed by atoms with Gasteiger partial charge in [0.25, 0.3) is 0 Å². The molecule has 1 nitrogen and oxygen atoms in total.